The number of hydrogen-bond donors (Lipinski definition) is 0. The molecular formula is C62H49N. The molecule has 0 aromatic heterocycles. The Morgan fingerprint density at radius 2 is 0.810 bits per heavy atom. The average molecular weight is 808 g/mol. The fourth-order valence-electron chi connectivity index (χ4n) is 11.4. The zero-order chi connectivity index (χ0) is 42.7. The van der Waals surface area contributed by atoms with Gasteiger partial charge in [0.2, 0.25) is 0 Å². The van der Waals surface area contributed by atoms with E-state index in [2.05, 4.69) is 246 Å². The number of anilines is 3. The van der Waals surface area contributed by atoms with E-state index < -0.39 is 5.41 Å². The van der Waals surface area contributed by atoms with Gasteiger partial charge in [0.15, 0.2) is 0 Å². The van der Waals surface area contributed by atoms with Crippen LogP contribution in [0, 0.1) is 0 Å². The van der Waals surface area contributed by atoms with E-state index in [-0.39, 0.29) is 10.8 Å². The lowest BCUT2D eigenvalue weighted by Crippen LogP contribution is -2.26. The average Bonchev–Trinajstić information content (AvgIpc) is 3.88. The molecular weight excluding hydrogens is 759 g/mol. The summed E-state index contributed by atoms with van der Waals surface area (Å²) in [7, 11) is 0. The van der Waals surface area contributed by atoms with Crippen LogP contribution < -0.4 is 4.90 Å². The molecule has 0 aliphatic heterocycles. The Labute approximate surface area is 372 Å². The number of benzene rings is 9. The van der Waals surface area contributed by atoms with Gasteiger partial charge in [-0.1, -0.05) is 204 Å². The first-order chi connectivity index (χ1) is 30.6. The summed E-state index contributed by atoms with van der Waals surface area (Å²) >= 11 is 0. The predicted octanol–water partition coefficient (Wildman–Crippen LogP) is 16.4. The molecule has 63 heavy (non-hydrogen) atoms. The van der Waals surface area contributed by atoms with Gasteiger partial charge in [-0.25, -0.2) is 0 Å². The predicted molar refractivity (Wildman–Crippen MR) is 265 cm³/mol. The highest BCUT2D eigenvalue weighted by atomic mass is 15.1. The summed E-state index contributed by atoms with van der Waals surface area (Å²) in [5.41, 5.74) is 24.9. The second-order valence-electron chi connectivity index (χ2n) is 19.3. The molecule has 1 spiro atoms. The van der Waals surface area contributed by atoms with Crippen molar-refractivity contribution in [1.29, 1.82) is 0 Å². The van der Waals surface area contributed by atoms with E-state index in [1.807, 2.05) is 0 Å². The van der Waals surface area contributed by atoms with E-state index in [1.165, 1.54) is 100 Å². The van der Waals surface area contributed by atoms with Crippen LogP contribution in [0.5, 0.6) is 0 Å². The first kappa shape index (κ1) is 37.5. The summed E-state index contributed by atoms with van der Waals surface area (Å²) in [4.78, 5) is 2.56. The van der Waals surface area contributed by atoms with Crippen molar-refractivity contribution in [1.82, 2.24) is 0 Å². The largest absolute Gasteiger partial charge is 0.310 e. The first-order valence-electron chi connectivity index (χ1n) is 22.4. The molecule has 0 amide bonds. The summed E-state index contributed by atoms with van der Waals surface area (Å²) in [6.07, 6.45) is 0. The van der Waals surface area contributed by atoms with Crippen LogP contribution in [0.1, 0.15) is 73.6 Å². The van der Waals surface area contributed by atoms with Gasteiger partial charge in [-0.05, 0) is 131 Å². The smallest absolute Gasteiger partial charge is 0.0726 e. The Hall–Kier alpha value is -7.22. The number of fused-ring (bicyclic) bond motifs is 13. The van der Waals surface area contributed by atoms with Crippen LogP contribution in [0.25, 0.3) is 55.6 Å². The lowest BCUT2D eigenvalue weighted by Gasteiger charge is -2.33. The van der Waals surface area contributed by atoms with E-state index in [4.69, 9.17) is 0 Å². The van der Waals surface area contributed by atoms with Crippen LogP contribution in [0.4, 0.5) is 17.1 Å². The van der Waals surface area contributed by atoms with Crippen molar-refractivity contribution in [2.45, 2.75) is 50.9 Å². The van der Waals surface area contributed by atoms with E-state index in [0.29, 0.717) is 0 Å². The van der Waals surface area contributed by atoms with Gasteiger partial charge >= 0.3 is 0 Å². The Kier molecular flexibility index (Phi) is 8.13. The monoisotopic (exact) mass is 807 g/mol. The molecule has 9 aromatic carbocycles. The maximum Gasteiger partial charge on any atom is 0.0726 e. The summed E-state index contributed by atoms with van der Waals surface area (Å²) < 4.78 is 0. The quantitative estimate of drug-likeness (QED) is 0.167. The van der Waals surface area contributed by atoms with Crippen LogP contribution in [0.2, 0.25) is 0 Å². The summed E-state index contributed by atoms with van der Waals surface area (Å²) in [6, 6.07) is 77.9. The molecule has 0 N–H and O–H groups in total. The molecule has 0 saturated heterocycles. The lowest BCUT2D eigenvalue weighted by atomic mass is 9.70. The molecule has 1 heteroatoms. The van der Waals surface area contributed by atoms with Crippen molar-refractivity contribution in [2.75, 3.05) is 4.90 Å². The van der Waals surface area contributed by atoms with Crippen LogP contribution in [-0.4, -0.2) is 0 Å². The lowest BCUT2D eigenvalue weighted by molar-refractivity contribution is 0.590. The van der Waals surface area contributed by atoms with Gasteiger partial charge in [-0.2, -0.15) is 0 Å². The second-order valence-corrected chi connectivity index (χ2v) is 19.3. The van der Waals surface area contributed by atoms with Crippen molar-refractivity contribution in [2.24, 2.45) is 0 Å². The molecule has 3 aliphatic carbocycles. The van der Waals surface area contributed by atoms with Gasteiger partial charge < -0.3 is 4.90 Å². The molecule has 3 aliphatic rings. The molecule has 1 nitrogen and oxygen atoms in total. The van der Waals surface area contributed by atoms with Crippen LogP contribution in [0.3, 0.4) is 0 Å². The van der Waals surface area contributed by atoms with Crippen molar-refractivity contribution in [3.05, 3.63) is 245 Å². The third kappa shape index (κ3) is 5.42. The Morgan fingerprint density at radius 1 is 0.349 bits per heavy atom. The second kappa shape index (κ2) is 13.6. The summed E-state index contributed by atoms with van der Waals surface area (Å²) in [5.74, 6) is 0. The molecule has 302 valence electrons. The van der Waals surface area contributed by atoms with Crippen LogP contribution >= 0.6 is 0 Å². The van der Waals surface area contributed by atoms with Gasteiger partial charge in [0.1, 0.15) is 0 Å². The van der Waals surface area contributed by atoms with Gasteiger partial charge in [0.25, 0.3) is 0 Å². The maximum atomic E-state index is 2.56. The van der Waals surface area contributed by atoms with E-state index in [1.54, 1.807) is 0 Å². The third-order valence-corrected chi connectivity index (χ3v) is 14.5. The van der Waals surface area contributed by atoms with Gasteiger partial charge in [-0.15, -0.1) is 0 Å². The van der Waals surface area contributed by atoms with Gasteiger partial charge in [-0.3, -0.25) is 0 Å². The highest BCUT2D eigenvalue weighted by Gasteiger charge is 2.52. The maximum absolute atomic E-state index is 2.56. The molecule has 0 heterocycles. The van der Waals surface area contributed by atoms with Crippen molar-refractivity contribution >= 4 is 17.1 Å². The summed E-state index contributed by atoms with van der Waals surface area (Å²) in [6.45, 7) is 11.7. The normalized spacial score (nSPS) is 14.4. The zero-order valence-corrected chi connectivity index (χ0v) is 36.6. The molecule has 0 fully saturated rings. The molecule has 0 saturated carbocycles. The SMILES string of the molecule is CC(C)(C)c1ccc(-c2cc(N(c3ccc(-c4ccccc4)cc3)c3ccc4c(c3)C(C)(C)c3ccccc3-4)c3c(c2)C2(c4ccccc4-c4ccccc42)c2ccccc2-3)cc1. The highest BCUT2D eigenvalue weighted by molar-refractivity contribution is 6.03. The third-order valence-electron chi connectivity index (χ3n) is 14.5. The Balaban J connectivity index is 1.18. The minimum absolute atomic E-state index is 0.0499. The fourth-order valence-corrected chi connectivity index (χ4v) is 11.4. The molecule has 0 unspecified atom stereocenters. The molecule has 0 bridgehead atoms. The van der Waals surface area contributed by atoms with Gasteiger partial charge in [0, 0.05) is 22.4 Å². The van der Waals surface area contributed by atoms with E-state index >= 15 is 0 Å². The fraction of sp³-hybridized carbons (Fsp3) is 0.129. The van der Waals surface area contributed by atoms with Crippen molar-refractivity contribution in [3.8, 4) is 55.6 Å². The highest BCUT2D eigenvalue weighted by Crippen LogP contribution is 2.65. The first-order valence-corrected chi connectivity index (χ1v) is 22.4. The Bertz CT molecular complexity index is 3220. The standard InChI is InChI=1S/C62H49N/c1-60(2,3)44-31-27-42(28-32-44)43-37-57-59(51-22-12-16-26-55(51)62(57)53-24-14-10-20-48(53)49-21-11-15-25-54(49)62)58(38-43)63(45-33-29-41(30-34-45)40-17-7-6-8-18-40)46-35-36-50-47-19-9-13-23-52(47)61(4,5)56(50)39-46/h6-39H,1-5H3. The van der Waals surface area contributed by atoms with E-state index in [0.717, 1.165) is 11.4 Å². The summed E-state index contributed by atoms with van der Waals surface area (Å²) in [5, 5.41) is 0. The van der Waals surface area contributed by atoms with Crippen molar-refractivity contribution < 1.29 is 0 Å². The molecule has 12 rings (SSSR count). The zero-order valence-electron chi connectivity index (χ0n) is 36.6. The van der Waals surface area contributed by atoms with Crippen LogP contribution in [-0.2, 0) is 16.2 Å². The molecule has 0 radical (unpaired) electrons. The molecule has 0 atom stereocenters. The van der Waals surface area contributed by atoms with Crippen molar-refractivity contribution in [3.63, 3.8) is 0 Å². The van der Waals surface area contributed by atoms with E-state index in [9.17, 15) is 0 Å². The number of hydrogen-bond acceptors (Lipinski definition) is 1. The number of nitrogens with zero attached hydrogens (tertiary/aromatic N) is 1. The minimum Gasteiger partial charge on any atom is -0.310 e. The number of rotatable bonds is 5. The minimum atomic E-state index is -0.500. The van der Waals surface area contributed by atoms with Crippen LogP contribution in [0.15, 0.2) is 206 Å². The van der Waals surface area contributed by atoms with Gasteiger partial charge in [0.05, 0.1) is 11.1 Å². The topological polar surface area (TPSA) is 3.24 Å². The molecule has 9 aromatic rings. The Morgan fingerprint density at radius 3 is 1.43 bits per heavy atom.